The van der Waals surface area contributed by atoms with Gasteiger partial charge in [0.15, 0.2) is 0 Å². The lowest BCUT2D eigenvalue weighted by molar-refractivity contribution is 0.670. The van der Waals surface area contributed by atoms with Crippen LogP contribution in [0, 0.1) is 0 Å². The standard InChI is InChI=1S/C48H28O/c1-2-10-29(11-3-1)34-24-20-30-23-27-40-37(25-21-31-22-26-39(34)45(30)46(31)40)38-16-9-19-44-47(38)42-18-8-17-41(48(42)49-44)43-28-32-12-4-5-13-33(32)35-14-6-7-15-36(35)43/h1-28H. The van der Waals surface area contributed by atoms with E-state index in [1.807, 2.05) is 0 Å². The second-order valence-corrected chi connectivity index (χ2v) is 13.2. The summed E-state index contributed by atoms with van der Waals surface area (Å²) in [7, 11) is 0. The van der Waals surface area contributed by atoms with Crippen molar-refractivity contribution in [2.24, 2.45) is 0 Å². The van der Waals surface area contributed by atoms with Crippen molar-refractivity contribution in [1.29, 1.82) is 0 Å². The molecule has 226 valence electrons. The molecular weight excluding hydrogens is 593 g/mol. The Hall–Kier alpha value is -6.44. The molecule has 1 aromatic heterocycles. The van der Waals surface area contributed by atoms with Crippen molar-refractivity contribution in [2.75, 3.05) is 0 Å². The zero-order chi connectivity index (χ0) is 32.1. The zero-order valence-electron chi connectivity index (χ0n) is 26.6. The molecule has 49 heavy (non-hydrogen) atoms. The Kier molecular flexibility index (Phi) is 5.45. The number of hydrogen-bond donors (Lipinski definition) is 0. The molecule has 0 fully saturated rings. The van der Waals surface area contributed by atoms with E-state index in [1.165, 1.54) is 81.7 Å². The lowest BCUT2D eigenvalue weighted by Crippen LogP contribution is -1.89. The van der Waals surface area contributed by atoms with Gasteiger partial charge in [-0.05, 0) is 93.8 Å². The topological polar surface area (TPSA) is 13.1 Å². The fourth-order valence-corrected chi connectivity index (χ4v) is 8.47. The average Bonchev–Trinajstić information content (AvgIpc) is 3.56. The van der Waals surface area contributed by atoms with Crippen LogP contribution in [0.2, 0.25) is 0 Å². The lowest BCUT2D eigenvalue weighted by Gasteiger charge is -2.17. The minimum Gasteiger partial charge on any atom is -0.455 e. The Morgan fingerprint density at radius 2 is 0.898 bits per heavy atom. The molecule has 0 spiro atoms. The normalized spacial score (nSPS) is 12.1. The first-order valence-corrected chi connectivity index (χ1v) is 16.9. The van der Waals surface area contributed by atoms with Gasteiger partial charge >= 0.3 is 0 Å². The summed E-state index contributed by atoms with van der Waals surface area (Å²) in [6.45, 7) is 0. The van der Waals surface area contributed by atoms with Gasteiger partial charge in [-0.15, -0.1) is 0 Å². The quantitative estimate of drug-likeness (QED) is 0.179. The van der Waals surface area contributed by atoms with Crippen molar-refractivity contribution in [3.63, 3.8) is 0 Å². The molecule has 0 N–H and O–H groups in total. The summed E-state index contributed by atoms with van der Waals surface area (Å²) in [5, 5.41) is 15.0. The van der Waals surface area contributed by atoms with Gasteiger partial charge in [-0.2, -0.15) is 0 Å². The number of benzene rings is 10. The van der Waals surface area contributed by atoms with E-state index in [1.54, 1.807) is 0 Å². The van der Waals surface area contributed by atoms with Crippen LogP contribution in [-0.4, -0.2) is 0 Å². The first-order chi connectivity index (χ1) is 24.3. The van der Waals surface area contributed by atoms with Crippen LogP contribution in [0.25, 0.3) is 109 Å². The van der Waals surface area contributed by atoms with E-state index in [4.69, 9.17) is 4.42 Å². The van der Waals surface area contributed by atoms with Crippen LogP contribution in [-0.2, 0) is 0 Å². The van der Waals surface area contributed by atoms with E-state index in [9.17, 15) is 0 Å². The molecular formula is C48H28O. The van der Waals surface area contributed by atoms with Gasteiger partial charge in [0.05, 0.1) is 0 Å². The molecule has 11 aromatic rings. The van der Waals surface area contributed by atoms with Crippen molar-refractivity contribution < 1.29 is 4.42 Å². The molecule has 10 aromatic carbocycles. The highest BCUT2D eigenvalue weighted by Crippen LogP contribution is 2.47. The van der Waals surface area contributed by atoms with Crippen molar-refractivity contribution in [2.45, 2.75) is 0 Å². The van der Waals surface area contributed by atoms with Crippen LogP contribution in [0.5, 0.6) is 0 Å². The van der Waals surface area contributed by atoms with Gasteiger partial charge in [-0.25, -0.2) is 0 Å². The van der Waals surface area contributed by atoms with Crippen LogP contribution < -0.4 is 0 Å². The molecule has 0 unspecified atom stereocenters. The predicted octanol–water partition coefficient (Wildman–Crippen LogP) is 13.8. The van der Waals surface area contributed by atoms with Crippen LogP contribution in [0.4, 0.5) is 0 Å². The summed E-state index contributed by atoms with van der Waals surface area (Å²) in [5.74, 6) is 0. The maximum absolute atomic E-state index is 6.85. The number of rotatable bonds is 3. The molecule has 1 nitrogen and oxygen atoms in total. The van der Waals surface area contributed by atoms with E-state index in [2.05, 4.69) is 170 Å². The molecule has 0 radical (unpaired) electrons. The van der Waals surface area contributed by atoms with Gasteiger partial charge in [0.2, 0.25) is 0 Å². The van der Waals surface area contributed by atoms with Gasteiger partial charge in [-0.1, -0.05) is 158 Å². The first kappa shape index (κ1) is 26.6. The molecule has 1 heteroatoms. The summed E-state index contributed by atoms with van der Waals surface area (Å²) in [4.78, 5) is 0. The van der Waals surface area contributed by atoms with E-state index >= 15 is 0 Å². The van der Waals surface area contributed by atoms with Crippen molar-refractivity contribution in [3.05, 3.63) is 170 Å². The van der Waals surface area contributed by atoms with Crippen LogP contribution in [0.3, 0.4) is 0 Å². The first-order valence-electron chi connectivity index (χ1n) is 16.9. The van der Waals surface area contributed by atoms with Gasteiger partial charge in [0, 0.05) is 16.3 Å². The molecule has 0 saturated carbocycles. The van der Waals surface area contributed by atoms with Gasteiger partial charge in [-0.3, -0.25) is 0 Å². The lowest BCUT2D eigenvalue weighted by atomic mass is 9.86. The number of furan rings is 1. The Morgan fingerprint density at radius 3 is 1.71 bits per heavy atom. The highest BCUT2D eigenvalue weighted by Gasteiger charge is 2.20. The number of hydrogen-bond acceptors (Lipinski definition) is 1. The minimum absolute atomic E-state index is 0.905. The molecule has 1 heterocycles. The van der Waals surface area contributed by atoms with Gasteiger partial charge < -0.3 is 4.42 Å². The maximum atomic E-state index is 6.85. The Morgan fingerprint density at radius 1 is 0.286 bits per heavy atom. The molecule has 0 aliphatic carbocycles. The second-order valence-electron chi connectivity index (χ2n) is 13.2. The number of fused-ring (bicyclic) bond motifs is 6. The molecule has 0 amide bonds. The highest BCUT2D eigenvalue weighted by molar-refractivity contribution is 6.29. The fourth-order valence-electron chi connectivity index (χ4n) is 8.47. The summed E-state index contributed by atoms with van der Waals surface area (Å²) >= 11 is 0. The van der Waals surface area contributed by atoms with E-state index < -0.39 is 0 Å². The molecule has 0 bridgehead atoms. The van der Waals surface area contributed by atoms with E-state index in [0.29, 0.717) is 0 Å². The van der Waals surface area contributed by atoms with Crippen molar-refractivity contribution in [1.82, 2.24) is 0 Å². The van der Waals surface area contributed by atoms with Crippen LogP contribution in [0.15, 0.2) is 174 Å². The van der Waals surface area contributed by atoms with Crippen molar-refractivity contribution in [3.8, 4) is 33.4 Å². The predicted molar refractivity (Wildman–Crippen MR) is 209 cm³/mol. The fraction of sp³-hybridized carbons (Fsp3) is 0. The summed E-state index contributed by atoms with van der Waals surface area (Å²) < 4.78 is 6.85. The maximum Gasteiger partial charge on any atom is 0.143 e. The Balaban J connectivity index is 1.19. The van der Waals surface area contributed by atoms with Crippen molar-refractivity contribution >= 4 is 75.8 Å². The smallest absolute Gasteiger partial charge is 0.143 e. The summed E-state index contributed by atoms with van der Waals surface area (Å²) in [6.07, 6.45) is 0. The molecule has 0 atom stereocenters. The highest BCUT2D eigenvalue weighted by atomic mass is 16.3. The number of para-hydroxylation sites is 1. The third kappa shape index (κ3) is 3.76. The average molecular weight is 621 g/mol. The Labute approximate surface area is 282 Å². The van der Waals surface area contributed by atoms with E-state index in [-0.39, 0.29) is 0 Å². The van der Waals surface area contributed by atoms with Crippen LogP contribution in [0.1, 0.15) is 0 Å². The monoisotopic (exact) mass is 620 g/mol. The minimum atomic E-state index is 0.905. The third-order valence-corrected chi connectivity index (χ3v) is 10.6. The van der Waals surface area contributed by atoms with Crippen LogP contribution >= 0.6 is 0 Å². The van der Waals surface area contributed by atoms with Gasteiger partial charge in [0.25, 0.3) is 0 Å². The molecule has 0 saturated heterocycles. The summed E-state index contributed by atoms with van der Waals surface area (Å²) in [6, 6.07) is 61.9. The molecule has 11 rings (SSSR count). The SMILES string of the molecule is c1ccc(-c2ccc3ccc4c(-c5cccc6oc7c(-c8cc9ccccc9c9ccccc89)cccc7c56)ccc5ccc2c3c54)cc1. The molecule has 0 aliphatic heterocycles. The summed E-state index contributed by atoms with van der Waals surface area (Å²) in [5.41, 5.74) is 9.07. The second kappa shape index (κ2) is 10.0. The largest absolute Gasteiger partial charge is 0.455 e. The van der Waals surface area contributed by atoms with E-state index in [0.717, 1.165) is 27.5 Å². The third-order valence-electron chi connectivity index (χ3n) is 10.6. The zero-order valence-corrected chi connectivity index (χ0v) is 26.6. The van der Waals surface area contributed by atoms with Gasteiger partial charge in [0.1, 0.15) is 11.2 Å². The Bertz CT molecular complexity index is 3090. The molecule has 0 aliphatic rings.